The van der Waals surface area contributed by atoms with Crippen molar-refractivity contribution in [2.45, 2.75) is 131 Å². The highest BCUT2D eigenvalue weighted by atomic mass is 32.1. The lowest BCUT2D eigenvalue weighted by molar-refractivity contribution is -0.141. The van der Waals surface area contributed by atoms with Crippen molar-refractivity contribution in [2.24, 2.45) is 23.2 Å². The van der Waals surface area contributed by atoms with Crippen LogP contribution in [0.5, 0.6) is 0 Å². The van der Waals surface area contributed by atoms with Crippen molar-refractivity contribution < 1.29 is 29.1 Å². The lowest BCUT2D eigenvalue weighted by atomic mass is 9.92. The number of likely N-dealkylation sites (tertiary alicyclic amines) is 1. The van der Waals surface area contributed by atoms with Gasteiger partial charge in [-0.05, 0) is 63.1 Å². The van der Waals surface area contributed by atoms with Gasteiger partial charge in [0.15, 0.2) is 0 Å². The van der Waals surface area contributed by atoms with Gasteiger partial charge in [0.25, 0.3) is 5.91 Å². The highest BCUT2D eigenvalue weighted by molar-refractivity contribution is 7.09. The van der Waals surface area contributed by atoms with Crippen molar-refractivity contribution in [3.63, 3.8) is 0 Å². The predicted molar refractivity (Wildman–Crippen MR) is 208 cm³/mol. The zero-order valence-electron chi connectivity index (χ0n) is 33.0. The van der Waals surface area contributed by atoms with Gasteiger partial charge < -0.3 is 26.4 Å². The minimum Gasteiger partial charge on any atom is -0.481 e. The topological polar surface area (TPSA) is 170 Å². The van der Waals surface area contributed by atoms with Crippen LogP contribution in [0.15, 0.2) is 35.7 Å². The van der Waals surface area contributed by atoms with Gasteiger partial charge in [-0.1, -0.05) is 98.6 Å². The predicted octanol–water partition coefficient (Wildman–Crippen LogP) is 5.34. The Morgan fingerprint density at radius 3 is 2.23 bits per heavy atom. The van der Waals surface area contributed by atoms with Crippen molar-refractivity contribution in [2.75, 3.05) is 13.6 Å². The molecule has 1 aromatic heterocycles. The molecule has 0 bridgehead atoms. The summed E-state index contributed by atoms with van der Waals surface area (Å²) in [7, 11) is 1.94. The van der Waals surface area contributed by atoms with Crippen molar-refractivity contribution >= 4 is 40.9 Å². The van der Waals surface area contributed by atoms with E-state index in [-0.39, 0.29) is 47.7 Å². The molecule has 3 rings (SSSR count). The third-order valence-electron chi connectivity index (χ3n) is 10.2. The second-order valence-corrected chi connectivity index (χ2v) is 17.0. The molecule has 1 aliphatic rings. The molecule has 0 unspecified atom stereocenters. The number of likely N-dealkylation sites (N-methyl/N-ethyl adjacent to an activating group) is 1. The average molecular weight is 755 g/mol. The number of piperidine rings is 1. The van der Waals surface area contributed by atoms with Gasteiger partial charge in [-0.25, -0.2) is 4.98 Å². The number of thiazole rings is 1. The maximum Gasteiger partial charge on any atom is 0.306 e. The van der Waals surface area contributed by atoms with Crippen molar-refractivity contribution in [3.05, 3.63) is 52.0 Å². The minimum absolute atomic E-state index is 0.0385. The van der Waals surface area contributed by atoms with Crippen LogP contribution in [0.3, 0.4) is 0 Å². The van der Waals surface area contributed by atoms with E-state index in [2.05, 4.69) is 26.3 Å². The fraction of sp³-hybridized carbons (Fsp3) is 0.650. The largest absolute Gasteiger partial charge is 0.481 e. The van der Waals surface area contributed by atoms with Gasteiger partial charge in [0.2, 0.25) is 17.7 Å². The van der Waals surface area contributed by atoms with E-state index in [0.717, 1.165) is 31.4 Å². The summed E-state index contributed by atoms with van der Waals surface area (Å²) in [5, 5.41) is 24.1. The zero-order valence-corrected chi connectivity index (χ0v) is 33.8. The molecule has 0 spiro atoms. The number of aliphatic carboxylic acids is 1. The lowest BCUT2D eigenvalue weighted by Gasteiger charge is -2.34. The maximum atomic E-state index is 14.0. The minimum atomic E-state index is -0.938. The van der Waals surface area contributed by atoms with Crippen molar-refractivity contribution in [1.29, 1.82) is 0 Å². The summed E-state index contributed by atoms with van der Waals surface area (Å²) in [6, 6.07) is 7.10. The normalized spacial score (nSPS) is 18.6. The number of nitrogens with one attached hydrogen (secondary N) is 4. The highest BCUT2D eigenvalue weighted by Gasteiger charge is 2.35. The molecule has 294 valence electrons. The van der Waals surface area contributed by atoms with Crippen LogP contribution in [0.1, 0.15) is 121 Å². The number of aromatic nitrogens is 1. The SMILES string of the molecule is CC[C@H](C)[C@H](NC(=O)[C@H]1CCCCN1C)C(=O)N[C@H](C[C@@H](NC(=O)C(C)(C)C)c1nc(C(=O)N[C@@H](Cc2ccccc2)C[C@H](C)C(=O)O)cs1)C(C)C. The maximum absolute atomic E-state index is 14.0. The highest BCUT2D eigenvalue weighted by Crippen LogP contribution is 2.28. The second kappa shape index (κ2) is 20.0. The van der Waals surface area contributed by atoms with Gasteiger partial charge in [0, 0.05) is 22.9 Å². The molecule has 0 saturated carbocycles. The van der Waals surface area contributed by atoms with Gasteiger partial charge in [-0.3, -0.25) is 28.9 Å². The summed E-state index contributed by atoms with van der Waals surface area (Å²) in [4.78, 5) is 72.7. The van der Waals surface area contributed by atoms with E-state index in [1.165, 1.54) is 11.3 Å². The van der Waals surface area contributed by atoms with E-state index in [1.807, 2.05) is 90.7 Å². The van der Waals surface area contributed by atoms with Crippen LogP contribution in [0.4, 0.5) is 0 Å². The molecule has 0 radical (unpaired) electrons. The Kier molecular flexibility index (Phi) is 16.4. The Labute approximate surface area is 319 Å². The molecule has 1 fully saturated rings. The Morgan fingerprint density at radius 1 is 0.962 bits per heavy atom. The quantitative estimate of drug-likeness (QED) is 0.136. The number of hydrogen-bond donors (Lipinski definition) is 5. The molecule has 1 saturated heterocycles. The number of carbonyl (C=O) groups is 5. The fourth-order valence-corrected chi connectivity index (χ4v) is 7.27. The monoisotopic (exact) mass is 754 g/mol. The summed E-state index contributed by atoms with van der Waals surface area (Å²) >= 11 is 1.25. The Bertz CT molecular complexity index is 1520. The first kappa shape index (κ1) is 43.6. The van der Waals surface area contributed by atoms with E-state index in [4.69, 9.17) is 0 Å². The van der Waals surface area contributed by atoms with Gasteiger partial charge in [0.05, 0.1) is 18.0 Å². The van der Waals surface area contributed by atoms with Crippen LogP contribution < -0.4 is 21.3 Å². The molecule has 13 heteroatoms. The van der Waals surface area contributed by atoms with Crippen LogP contribution >= 0.6 is 11.3 Å². The van der Waals surface area contributed by atoms with Gasteiger partial charge in [-0.2, -0.15) is 0 Å². The number of amides is 4. The first-order valence-corrected chi connectivity index (χ1v) is 19.9. The van der Waals surface area contributed by atoms with E-state index >= 15 is 0 Å². The molecule has 7 atom stereocenters. The molecule has 12 nitrogen and oxygen atoms in total. The molecule has 1 aromatic carbocycles. The summed E-state index contributed by atoms with van der Waals surface area (Å²) in [5.74, 6) is -2.80. The van der Waals surface area contributed by atoms with E-state index in [1.54, 1.807) is 12.3 Å². The molecular formula is C40H62N6O6S. The third kappa shape index (κ3) is 13.2. The van der Waals surface area contributed by atoms with Gasteiger partial charge >= 0.3 is 5.97 Å². The molecule has 5 N–H and O–H groups in total. The van der Waals surface area contributed by atoms with E-state index < -0.39 is 47.4 Å². The average Bonchev–Trinajstić information content (AvgIpc) is 3.60. The van der Waals surface area contributed by atoms with E-state index in [9.17, 15) is 29.1 Å². The number of benzene rings is 1. The molecule has 0 aliphatic carbocycles. The molecule has 4 amide bonds. The van der Waals surface area contributed by atoms with Crippen LogP contribution in [0.2, 0.25) is 0 Å². The number of carboxylic acids is 1. The number of carbonyl (C=O) groups excluding carboxylic acids is 4. The molecular weight excluding hydrogens is 693 g/mol. The molecule has 1 aliphatic heterocycles. The Balaban J connectivity index is 1.84. The zero-order chi connectivity index (χ0) is 39.5. The van der Waals surface area contributed by atoms with Gasteiger partial charge in [-0.15, -0.1) is 11.3 Å². The summed E-state index contributed by atoms with van der Waals surface area (Å²) < 4.78 is 0. The standard InChI is InChI=1S/C40H62N6O6S/c1-10-25(4)33(45-35(48)32-18-14-15-19-46(32)9)36(49)42-29(24(2)3)22-30(44-39(52)40(6,7)8)37-43-31(23-53-37)34(47)41-28(20-26(5)38(50)51)21-27-16-12-11-13-17-27/h11-13,16-17,23-26,28-30,32-33H,10,14-15,18-22H2,1-9H3,(H,41,47)(H,42,49)(H,44,52)(H,45,48)(H,50,51)/t25-,26-,28+,29+,30+,32+,33-/m0/s1. The first-order valence-electron chi connectivity index (χ1n) is 19.1. The van der Waals surface area contributed by atoms with Crippen LogP contribution in [-0.2, 0) is 25.6 Å². The first-order chi connectivity index (χ1) is 24.9. The third-order valence-corrected chi connectivity index (χ3v) is 11.2. The molecule has 53 heavy (non-hydrogen) atoms. The second-order valence-electron chi connectivity index (χ2n) is 16.1. The van der Waals surface area contributed by atoms with Crippen LogP contribution in [0, 0.1) is 23.2 Å². The van der Waals surface area contributed by atoms with E-state index in [0.29, 0.717) is 24.3 Å². The number of rotatable bonds is 18. The lowest BCUT2D eigenvalue weighted by Crippen LogP contribution is -2.57. The Hall–Kier alpha value is -3.84. The number of nitrogens with zero attached hydrogens (tertiary/aromatic N) is 2. The van der Waals surface area contributed by atoms with Crippen molar-refractivity contribution in [1.82, 2.24) is 31.2 Å². The number of carboxylic acid groups (broad SMARTS) is 1. The van der Waals surface area contributed by atoms with Crippen LogP contribution in [-0.4, -0.2) is 82.3 Å². The van der Waals surface area contributed by atoms with Crippen LogP contribution in [0.25, 0.3) is 0 Å². The van der Waals surface area contributed by atoms with Crippen molar-refractivity contribution in [3.8, 4) is 0 Å². The molecule has 2 heterocycles. The summed E-state index contributed by atoms with van der Waals surface area (Å²) in [6.45, 7) is 15.8. The summed E-state index contributed by atoms with van der Waals surface area (Å²) in [6.07, 6.45) is 4.46. The molecule has 2 aromatic rings. The summed E-state index contributed by atoms with van der Waals surface area (Å²) in [5.41, 5.74) is 0.423. The van der Waals surface area contributed by atoms with Gasteiger partial charge in [0.1, 0.15) is 16.7 Å². The smallest absolute Gasteiger partial charge is 0.306 e. The fourth-order valence-electron chi connectivity index (χ4n) is 6.41. The number of hydrogen-bond acceptors (Lipinski definition) is 8. The Morgan fingerprint density at radius 2 is 1.64 bits per heavy atom.